The summed E-state index contributed by atoms with van der Waals surface area (Å²) in [5.41, 5.74) is 4.42. The number of hydrogen-bond acceptors (Lipinski definition) is 4. The van der Waals surface area contributed by atoms with E-state index in [0.29, 0.717) is 24.7 Å². The van der Waals surface area contributed by atoms with Gasteiger partial charge in [0.25, 0.3) is 0 Å². The number of carbonyl (C=O) groups is 1. The van der Waals surface area contributed by atoms with Gasteiger partial charge in [0.1, 0.15) is 5.58 Å². The number of nitrogens with zero attached hydrogens (tertiary/aromatic N) is 1. The first-order valence-electron chi connectivity index (χ1n) is 10.6. The molecule has 6 nitrogen and oxygen atoms in total. The Bertz CT molecular complexity index is 1200. The van der Waals surface area contributed by atoms with E-state index in [4.69, 9.17) is 4.42 Å². The molecule has 3 aromatic rings. The van der Waals surface area contributed by atoms with Crippen LogP contribution in [0.5, 0.6) is 0 Å². The number of sulfonamides is 1. The minimum absolute atomic E-state index is 0.179. The van der Waals surface area contributed by atoms with Crippen LogP contribution in [-0.2, 0) is 21.2 Å². The summed E-state index contributed by atoms with van der Waals surface area (Å²) < 4.78 is 32.9. The van der Waals surface area contributed by atoms with Gasteiger partial charge in [-0.05, 0) is 68.0 Å². The van der Waals surface area contributed by atoms with E-state index in [1.807, 2.05) is 26.0 Å². The SMILES string of the molecule is Cc1ccc2c(CC(=O)Nc3ccc(S(=O)(=O)N4CCC(C)CC4)cc3)coc2c1C. The van der Waals surface area contributed by atoms with Crippen molar-refractivity contribution in [3.8, 4) is 0 Å². The zero-order valence-corrected chi connectivity index (χ0v) is 19.0. The van der Waals surface area contributed by atoms with E-state index >= 15 is 0 Å². The highest BCUT2D eigenvalue weighted by Gasteiger charge is 2.28. The molecule has 1 amide bonds. The van der Waals surface area contributed by atoms with Gasteiger partial charge in [-0.25, -0.2) is 8.42 Å². The van der Waals surface area contributed by atoms with Gasteiger partial charge in [-0.2, -0.15) is 4.31 Å². The maximum absolute atomic E-state index is 12.8. The maximum atomic E-state index is 12.8. The average molecular weight is 441 g/mol. The van der Waals surface area contributed by atoms with Gasteiger partial charge in [0.15, 0.2) is 0 Å². The van der Waals surface area contributed by atoms with E-state index in [1.165, 1.54) is 0 Å². The molecule has 4 rings (SSSR count). The number of nitrogens with one attached hydrogen (secondary N) is 1. The lowest BCUT2D eigenvalue weighted by molar-refractivity contribution is -0.115. The van der Waals surface area contributed by atoms with Gasteiger partial charge in [0.05, 0.1) is 17.6 Å². The summed E-state index contributed by atoms with van der Waals surface area (Å²) in [5, 5.41) is 3.79. The van der Waals surface area contributed by atoms with Crippen LogP contribution < -0.4 is 5.32 Å². The average Bonchev–Trinajstić information content (AvgIpc) is 3.14. The molecule has 0 unspecified atom stereocenters. The molecule has 0 radical (unpaired) electrons. The number of piperidine rings is 1. The molecule has 2 aromatic carbocycles. The molecule has 164 valence electrons. The lowest BCUT2D eigenvalue weighted by Crippen LogP contribution is -2.37. The third kappa shape index (κ3) is 4.38. The molecule has 1 fully saturated rings. The largest absolute Gasteiger partial charge is 0.464 e. The molecule has 0 atom stereocenters. The van der Waals surface area contributed by atoms with Crippen molar-refractivity contribution in [2.24, 2.45) is 5.92 Å². The van der Waals surface area contributed by atoms with Crippen LogP contribution in [0.3, 0.4) is 0 Å². The summed E-state index contributed by atoms with van der Waals surface area (Å²) in [4.78, 5) is 12.8. The molecule has 0 saturated carbocycles. The first-order valence-corrected chi connectivity index (χ1v) is 12.1. The predicted molar refractivity (Wildman–Crippen MR) is 122 cm³/mol. The van der Waals surface area contributed by atoms with Crippen LogP contribution in [0.2, 0.25) is 0 Å². The number of rotatable bonds is 5. The molecular weight excluding hydrogens is 412 g/mol. The summed E-state index contributed by atoms with van der Waals surface area (Å²) in [5.74, 6) is 0.380. The summed E-state index contributed by atoms with van der Waals surface area (Å²) in [6, 6.07) is 10.4. The highest BCUT2D eigenvalue weighted by molar-refractivity contribution is 7.89. The lowest BCUT2D eigenvalue weighted by Gasteiger charge is -2.29. The van der Waals surface area contributed by atoms with Crippen molar-refractivity contribution in [3.63, 3.8) is 0 Å². The van der Waals surface area contributed by atoms with Crippen LogP contribution >= 0.6 is 0 Å². The highest BCUT2D eigenvalue weighted by Crippen LogP contribution is 2.27. The Balaban J connectivity index is 1.43. The van der Waals surface area contributed by atoms with Crippen molar-refractivity contribution in [3.05, 3.63) is 59.4 Å². The zero-order valence-electron chi connectivity index (χ0n) is 18.1. The minimum Gasteiger partial charge on any atom is -0.464 e. The van der Waals surface area contributed by atoms with Crippen molar-refractivity contribution in [1.29, 1.82) is 0 Å². The Morgan fingerprint density at radius 3 is 2.45 bits per heavy atom. The Labute approximate surface area is 183 Å². The molecule has 1 aliphatic heterocycles. The number of hydrogen-bond donors (Lipinski definition) is 1. The standard InChI is InChI=1S/C24H28N2O4S/c1-16-10-12-26(13-11-16)31(28,29)21-7-5-20(6-8-21)25-23(27)14-19-15-30-24-18(3)17(2)4-9-22(19)24/h4-9,15-16H,10-14H2,1-3H3,(H,25,27). The number of aryl methyl sites for hydroxylation is 2. The number of benzene rings is 2. The summed E-state index contributed by atoms with van der Waals surface area (Å²) >= 11 is 0. The molecule has 7 heteroatoms. The fourth-order valence-corrected chi connectivity index (χ4v) is 5.46. The van der Waals surface area contributed by atoms with Crippen LogP contribution in [0.4, 0.5) is 5.69 Å². The zero-order chi connectivity index (χ0) is 22.2. The molecule has 1 N–H and O–H groups in total. The quantitative estimate of drug-likeness (QED) is 0.626. The Morgan fingerprint density at radius 1 is 1.10 bits per heavy atom. The minimum atomic E-state index is -3.50. The van der Waals surface area contributed by atoms with Crippen molar-refractivity contribution >= 4 is 32.6 Å². The first kappa shape index (κ1) is 21.6. The Kier molecular flexibility index (Phi) is 5.90. The number of furan rings is 1. The summed E-state index contributed by atoms with van der Waals surface area (Å²) in [6.45, 7) is 7.29. The first-order chi connectivity index (χ1) is 14.8. The number of fused-ring (bicyclic) bond motifs is 1. The van der Waals surface area contributed by atoms with Crippen LogP contribution in [0.1, 0.15) is 36.5 Å². The smallest absolute Gasteiger partial charge is 0.243 e. The van der Waals surface area contributed by atoms with Gasteiger partial charge in [0.2, 0.25) is 15.9 Å². The molecule has 2 heterocycles. The summed E-state index contributed by atoms with van der Waals surface area (Å²) in [6.07, 6.45) is 3.58. The van der Waals surface area contributed by atoms with Gasteiger partial charge >= 0.3 is 0 Å². The second-order valence-corrected chi connectivity index (χ2v) is 10.4. The van der Waals surface area contributed by atoms with E-state index in [1.54, 1.807) is 34.8 Å². The monoisotopic (exact) mass is 440 g/mol. The second-order valence-electron chi connectivity index (χ2n) is 8.48. The van der Waals surface area contributed by atoms with Gasteiger partial charge in [-0.1, -0.05) is 19.1 Å². The van der Waals surface area contributed by atoms with Crippen molar-refractivity contribution < 1.29 is 17.6 Å². The molecule has 0 bridgehead atoms. The van der Waals surface area contributed by atoms with Crippen molar-refractivity contribution in [1.82, 2.24) is 4.31 Å². The molecule has 31 heavy (non-hydrogen) atoms. The van der Waals surface area contributed by atoms with E-state index in [9.17, 15) is 13.2 Å². The van der Waals surface area contributed by atoms with Crippen LogP contribution in [0.25, 0.3) is 11.0 Å². The molecular formula is C24H28N2O4S. The fraction of sp³-hybridized carbons (Fsp3) is 0.375. The van der Waals surface area contributed by atoms with Gasteiger partial charge in [-0.3, -0.25) is 4.79 Å². The number of amides is 1. The molecule has 1 saturated heterocycles. The third-order valence-electron chi connectivity index (χ3n) is 6.21. The van der Waals surface area contributed by atoms with Crippen molar-refractivity contribution in [2.75, 3.05) is 18.4 Å². The lowest BCUT2D eigenvalue weighted by atomic mass is 10.0. The van der Waals surface area contributed by atoms with Crippen molar-refractivity contribution in [2.45, 2.75) is 44.9 Å². The summed E-state index contributed by atoms with van der Waals surface area (Å²) in [7, 11) is -3.50. The van der Waals surface area contributed by atoms with E-state index in [2.05, 4.69) is 12.2 Å². The van der Waals surface area contributed by atoms with E-state index < -0.39 is 10.0 Å². The normalized spacial score (nSPS) is 16.0. The third-order valence-corrected chi connectivity index (χ3v) is 8.12. The van der Waals surface area contributed by atoms with E-state index in [-0.39, 0.29) is 17.2 Å². The number of carbonyl (C=O) groups excluding carboxylic acids is 1. The maximum Gasteiger partial charge on any atom is 0.243 e. The molecule has 1 aliphatic rings. The number of anilines is 1. The highest BCUT2D eigenvalue weighted by atomic mass is 32.2. The van der Waals surface area contributed by atoms with Crippen LogP contribution in [-0.4, -0.2) is 31.7 Å². The van der Waals surface area contributed by atoms with Gasteiger partial charge < -0.3 is 9.73 Å². The Hall–Kier alpha value is -2.64. The topological polar surface area (TPSA) is 79.6 Å². The van der Waals surface area contributed by atoms with Gasteiger partial charge in [0, 0.05) is 29.7 Å². The molecule has 0 spiro atoms. The fourth-order valence-electron chi connectivity index (χ4n) is 3.99. The van der Waals surface area contributed by atoms with E-state index in [0.717, 1.165) is 40.5 Å². The van der Waals surface area contributed by atoms with Gasteiger partial charge in [-0.15, -0.1) is 0 Å². The molecule has 0 aliphatic carbocycles. The molecule has 1 aromatic heterocycles. The second kappa shape index (κ2) is 8.48. The predicted octanol–water partition coefficient (Wildman–Crippen LogP) is 4.65. The van der Waals surface area contributed by atoms with Crippen LogP contribution in [0.15, 0.2) is 52.0 Å². The Morgan fingerprint density at radius 2 is 1.77 bits per heavy atom. The van der Waals surface area contributed by atoms with Crippen LogP contribution in [0, 0.1) is 19.8 Å².